The first kappa shape index (κ1) is 20.5. The van der Waals surface area contributed by atoms with Crippen molar-refractivity contribution in [2.24, 2.45) is 5.73 Å². The summed E-state index contributed by atoms with van der Waals surface area (Å²) in [7, 11) is 0. The number of hydrogen-bond donors (Lipinski definition) is 3. The minimum absolute atomic E-state index is 0.0281. The summed E-state index contributed by atoms with van der Waals surface area (Å²) in [6.07, 6.45) is -0.297. The maximum atomic E-state index is 12.4. The van der Waals surface area contributed by atoms with Gasteiger partial charge >= 0.3 is 0 Å². The number of nitrogens with two attached hydrogens (primary N) is 3. The molecule has 146 valence electrons. The molecule has 2 aromatic rings. The summed E-state index contributed by atoms with van der Waals surface area (Å²) in [5, 5.41) is 21.7. The van der Waals surface area contributed by atoms with E-state index in [-0.39, 0.29) is 46.7 Å². The molecule has 11 heteroatoms. The maximum absolute atomic E-state index is 12.4. The molecule has 28 heavy (non-hydrogen) atoms. The molecule has 0 saturated carbocycles. The number of anilines is 2. The second-order valence-electron chi connectivity index (χ2n) is 5.99. The van der Waals surface area contributed by atoms with E-state index >= 15 is 0 Å². The molecule has 1 atom stereocenters. The summed E-state index contributed by atoms with van der Waals surface area (Å²) < 4.78 is 0. The minimum Gasteiger partial charge on any atom is -0.398 e. The fraction of sp³-hybridized carbons (Fsp3) is 0.176. The van der Waals surface area contributed by atoms with Crippen LogP contribution in [0, 0.1) is 20.2 Å². The van der Waals surface area contributed by atoms with E-state index in [1.165, 1.54) is 18.2 Å². The number of nitro benzene ring substituents is 2. The van der Waals surface area contributed by atoms with Crippen molar-refractivity contribution in [2.45, 2.75) is 18.9 Å². The number of Topliss-reactive ketones (excluding diaryl/α,β-unsaturated/α-hetero) is 2. The first-order chi connectivity index (χ1) is 13.1. The van der Waals surface area contributed by atoms with Gasteiger partial charge in [0.05, 0.1) is 15.9 Å². The van der Waals surface area contributed by atoms with Gasteiger partial charge in [-0.3, -0.25) is 29.8 Å². The van der Waals surface area contributed by atoms with Crippen molar-refractivity contribution in [3.63, 3.8) is 0 Å². The van der Waals surface area contributed by atoms with Crippen LogP contribution in [-0.4, -0.2) is 27.5 Å². The van der Waals surface area contributed by atoms with E-state index in [9.17, 15) is 29.8 Å². The third-order valence-electron chi connectivity index (χ3n) is 4.08. The van der Waals surface area contributed by atoms with Crippen LogP contribution in [0.5, 0.6) is 0 Å². The van der Waals surface area contributed by atoms with Crippen molar-refractivity contribution < 1.29 is 19.4 Å². The Balaban J connectivity index is 2.13. The normalized spacial score (nSPS) is 11.6. The molecule has 0 bridgehead atoms. The van der Waals surface area contributed by atoms with Crippen LogP contribution in [0.2, 0.25) is 0 Å². The third kappa shape index (κ3) is 4.45. The van der Waals surface area contributed by atoms with Crippen molar-refractivity contribution in [1.29, 1.82) is 0 Å². The predicted molar refractivity (Wildman–Crippen MR) is 101 cm³/mol. The molecular weight excluding hydrogens is 370 g/mol. The molecule has 6 N–H and O–H groups in total. The van der Waals surface area contributed by atoms with Gasteiger partial charge in [-0.1, -0.05) is 0 Å². The van der Waals surface area contributed by atoms with Crippen molar-refractivity contribution in [3.8, 4) is 0 Å². The number of ketones is 2. The average molecular weight is 387 g/mol. The highest BCUT2D eigenvalue weighted by molar-refractivity contribution is 6.05. The van der Waals surface area contributed by atoms with Crippen LogP contribution >= 0.6 is 0 Å². The van der Waals surface area contributed by atoms with Crippen LogP contribution in [0.25, 0.3) is 0 Å². The first-order valence-electron chi connectivity index (χ1n) is 8.02. The van der Waals surface area contributed by atoms with E-state index in [0.29, 0.717) is 0 Å². The Labute approximate surface area is 158 Å². The topological polar surface area (TPSA) is 198 Å². The number of benzene rings is 2. The van der Waals surface area contributed by atoms with E-state index in [0.717, 1.165) is 18.2 Å². The van der Waals surface area contributed by atoms with Crippen LogP contribution in [-0.2, 0) is 0 Å². The number of carbonyl (C=O) groups is 2. The number of non-ortho nitro benzene ring substituents is 2. The molecule has 0 aliphatic heterocycles. The smallest absolute Gasteiger partial charge is 0.270 e. The van der Waals surface area contributed by atoms with Gasteiger partial charge in [-0.2, -0.15) is 0 Å². The Bertz CT molecular complexity index is 975. The highest BCUT2D eigenvalue weighted by Gasteiger charge is 2.23. The van der Waals surface area contributed by atoms with Crippen molar-refractivity contribution in [1.82, 2.24) is 0 Å². The Hall–Kier alpha value is -3.86. The van der Waals surface area contributed by atoms with Crippen molar-refractivity contribution in [3.05, 3.63) is 67.8 Å². The molecule has 1 unspecified atom stereocenters. The Morgan fingerprint density at radius 2 is 1.36 bits per heavy atom. The van der Waals surface area contributed by atoms with Crippen LogP contribution in [0.15, 0.2) is 36.4 Å². The second kappa shape index (κ2) is 8.22. The zero-order valence-electron chi connectivity index (χ0n) is 14.5. The van der Waals surface area contributed by atoms with Gasteiger partial charge in [0.25, 0.3) is 11.4 Å². The standard InChI is InChI=1S/C17H17N5O6/c18-13-3-1-9(21(25)26)7-11(13)16(23)6-5-15(20)17(24)12-8-10(22(27)28)2-4-14(12)19/h1-4,7-8,15H,5-6,18-20H2. The number of nitro groups is 2. The van der Waals surface area contributed by atoms with E-state index in [2.05, 4.69) is 0 Å². The molecule has 0 saturated heterocycles. The molecule has 11 nitrogen and oxygen atoms in total. The first-order valence-corrected chi connectivity index (χ1v) is 8.02. The summed E-state index contributed by atoms with van der Waals surface area (Å²) in [4.78, 5) is 45.1. The zero-order chi connectivity index (χ0) is 21.0. The van der Waals surface area contributed by atoms with E-state index in [1.807, 2.05) is 0 Å². The zero-order valence-corrected chi connectivity index (χ0v) is 14.5. The van der Waals surface area contributed by atoms with Gasteiger partial charge in [-0.15, -0.1) is 0 Å². The van der Waals surface area contributed by atoms with Crippen LogP contribution in [0.1, 0.15) is 33.6 Å². The van der Waals surface area contributed by atoms with Gasteiger partial charge in [0, 0.05) is 53.2 Å². The van der Waals surface area contributed by atoms with Gasteiger partial charge < -0.3 is 17.2 Å². The summed E-state index contributed by atoms with van der Waals surface area (Å²) in [5.41, 5.74) is 16.6. The minimum atomic E-state index is -1.15. The fourth-order valence-corrected chi connectivity index (χ4v) is 2.52. The molecule has 0 radical (unpaired) electrons. The van der Waals surface area contributed by atoms with Crippen LogP contribution in [0.4, 0.5) is 22.7 Å². The lowest BCUT2D eigenvalue weighted by Crippen LogP contribution is -2.31. The quantitative estimate of drug-likeness (QED) is 0.261. The van der Waals surface area contributed by atoms with Crippen molar-refractivity contribution in [2.75, 3.05) is 11.5 Å². The van der Waals surface area contributed by atoms with Crippen molar-refractivity contribution >= 4 is 34.3 Å². The molecule has 2 rings (SSSR count). The molecule has 0 heterocycles. The van der Waals surface area contributed by atoms with Gasteiger partial charge in [-0.05, 0) is 18.6 Å². The Morgan fingerprint density at radius 3 is 1.86 bits per heavy atom. The summed E-state index contributed by atoms with van der Waals surface area (Å²) >= 11 is 0. The van der Waals surface area contributed by atoms with Gasteiger partial charge in [0.15, 0.2) is 11.6 Å². The summed E-state index contributed by atoms with van der Waals surface area (Å²) in [5.74, 6) is -1.17. The summed E-state index contributed by atoms with van der Waals surface area (Å²) in [6.45, 7) is 0. The number of hydrogen-bond acceptors (Lipinski definition) is 9. The maximum Gasteiger partial charge on any atom is 0.270 e. The average Bonchev–Trinajstić information content (AvgIpc) is 2.65. The molecule has 0 aliphatic carbocycles. The highest BCUT2D eigenvalue weighted by Crippen LogP contribution is 2.24. The summed E-state index contributed by atoms with van der Waals surface area (Å²) in [6, 6.07) is 5.75. The number of nitrogens with zero attached hydrogens (tertiary/aromatic N) is 2. The van der Waals surface area contributed by atoms with Crippen LogP contribution in [0.3, 0.4) is 0 Å². The fourth-order valence-electron chi connectivity index (χ4n) is 2.52. The number of nitrogen functional groups attached to an aromatic ring is 2. The number of rotatable bonds is 8. The lowest BCUT2D eigenvalue weighted by Gasteiger charge is -2.12. The highest BCUT2D eigenvalue weighted by atomic mass is 16.6. The lowest BCUT2D eigenvalue weighted by atomic mass is 9.96. The molecule has 2 aromatic carbocycles. The molecule has 0 fully saturated rings. The SMILES string of the molecule is Nc1ccc([N+](=O)[O-])cc1C(=O)CCC(N)C(=O)c1cc([N+](=O)[O-])ccc1N. The molecule has 0 aliphatic rings. The van der Waals surface area contributed by atoms with Gasteiger partial charge in [0.2, 0.25) is 0 Å². The van der Waals surface area contributed by atoms with Gasteiger partial charge in [0.1, 0.15) is 0 Å². The molecule has 0 aromatic heterocycles. The van der Waals surface area contributed by atoms with E-state index in [4.69, 9.17) is 17.2 Å². The largest absolute Gasteiger partial charge is 0.398 e. The predicted octanol–water partition coefficient (Wildman–Crippen LogP) is 1.84. The second-order valence-corrected chi connectivity index (χ2v) is 5.99. The monoisotopic (exact) mass is 387 g/mol. The molecule has 0 spiro atoms. The lowest BCUT2D eigenvalue weighted by molar-refractivity contribution is -0.385. The van der Waals surface area contributed by atoms with E-state index < -0.39 is 27.5 Å². The number of carbonyl (C=O) groups excluding carboxylic acids is 2. The molecule has 0 amide bonds. The Morgan fingerprint density at radius 1 is 0.893 bits per heavy atom. The molecular formula is C17H17N5O6. The van der Waals surface area contributed by atoms with Gasteiger partial charge in [-0.25, -0.2) is 0 Å². The van der Waals surface area contributed by atoms with E-state index in [1.54, 1.807) is 0 Å². The Kier molecular flexibility index (Phi) is 6.01. The third-order valence-corrected chi connectivity index (χ3v) is 4.08. The van der Waals surface area contributed by atoms with Crippen LogP contribution < -0.4 is 17.2 Å².